The maximum atomic E-state index is 13.2. The first-order valence-corrected chi connectivity index (χ1v) is 12.0. The average Bonchev–Trinajstić information content (AvgIpc) is 3.34. The Hall–Kier alpha value is -1.80. The lowest BCUT2D eigenvalue weighted by Gasteiger charge is -2.23. The van der Waals surface area contributed by atoms with Crippen LogP contribution in [0.2, 0.25) is 10.0 Å². The Morgan fingerprint density at radius 1 is 1.19 bits per heavy atom. The molecule has 0 saturated heterocycles. The number of rotatable bonds is 6. The lowest BCUT2D eigenvalue weighted by molar-refractivity contribution is 0.0698. The highest BCUT2D eigenvalue weighted by atomic mass is 35.5. The predicted octanol–water partition coefficient (Wildman–Crippen LogP) is 7.70. The van der Waals surface area contributed by atoms with Crippen LogP contribution < -0.4 is 0 Å². The van der Waals surface area contributed by atoms with Gasteiger partial charge in [0.2, 0.25) is 0 Å². The first-order chi connectivity index (χ1) is 14.5. The van der Waals surface area contributed by atoms with Crippen LogP contribution in [0.25, 0.3) is 0 Å². The number of carbonyl (C=O) groups excluding carboxylic acids is 1. The summed E-state index contributed by atoms with van der Waals surface area (Å²) in [6.45, 7) is 6.05. The van der Waals surface area contributed by atoms with E-state index in [4.69, 9.17) is 23.2 Å². The number of hydrogen-bond acceptors (Lipinski definition) is 3. The van der Waals surface area contributed by atoms with Crippen LogP contribution in [0.1, 0.15) is 89.3 Å². The lowest BCUT2D eigenvalue weighted by Crippen LogP contribution is -2.17. The van der Waals surface area contributed by atoms with Crippen LogP contribution in [-0.2, 0) is 0 Å². The fourth-order valence-corrected chi connectivity index (χ4v) is 5.51. The van der Waals surface area contributed by atoms with Gasteiger partial charge < -0.3 is 5.11 Å². The van der Waals surface area contributed by atoms with E-state index in [0.717, 1.165) is 36.1 Å². The highest BCUT2D eigenvalue weighted by Gasteiger charge is 2.33. The van der Waals surface area contributed by atoms with Crippen molar-refractivity contribution in [2.75, 3.05) is 0 Å². The maximum Gasteiger partial charge on any atom is 0.346 e. The highest BCUT2D eigenvalue weighted by molar-refractivity contribution is 7.14. The number of Topliss-reactive ketones (excluding diaryl/α,β-unsaturated/α-hetero) is 1. The van der Waals surface area contributed by atoms with Gasteiger partial charge in [0.05, 0.1) is 9.90 Å². The zero-order chi connectivity index (χ0) is 22.8. The van der Waals surface area contributed by atoms with Crippen molar-refractivity contribution in [3.05, 3.63) is 55.2 Å². The third-order valence-electron chi connectivity index (χ3n) is 5.52. The van der Waals surface area contributed by atoms with Crippen molar-refractivity contribution in [3.8, 4) is 11.8 Å². The average molecular weight is 477 g/mol. The number of carboxylic acids is 1. The number of carbonyl (C=O) groups is 2. The largest absolute Gasteiger partial charge is 0.477 e. The molecule has 1 unspecified atom stereocenters. The molecule has 0 aliphatic heterocycles. The molecule has 3 nitrogen and oxygen atoms in total. The van der Waals surface area contributed by atoms with E-state index in [0.29, 0.717) is 15.6 Å². The van der Waals surface area contributed by atoms with Gasteiger partial charge >= 0.3 is 5.97 Å². The second kappa shape index (κ2) is 9.77. The summed E-state index contributed by atoms with van der Waals surface area (Å²) >= 11 is 13.4. The summed E-state index contributed by atoms with van der Waals surface area (Å²) in [6.07, 6.45) is 4.39. The molecule has 1 aromatic carbocycles. The summed E-state index contributed by atoms with van der Waals surface area (Å²) in [5.41, 5.74) is 0.967. The molecule has 0 spiro atoms. The van der Waals surface area contributed by atoms with Gasteiger partial charge in [-0.2, -0.15) is 0 Å². The SMILES string of the molecule is CC(C)(C)C#Cc1cc(C(CC(=O)c2ccc(Cl)cc2Cl)C2CCCC2)c(C(=O)O)s1. The minimum absolute atomic E-state index is 0.0940. The van der Waals surface area contributed by atoms with Crippen molar-refractivity contribution in [2.45, 2.75) is 58.8 Å². The molecule has 1 saturated carbocycles. The van der Waals surface area contributed by atoms with Crippen LogP contribution in [0, 0.1) is 23.2 Å². The summed E-state index contributed by atoms with van der Waals surface area (Å²) < 4.78 is 0. The number of hydrogen-bond donors (Lipinski definition) is 1. The van der Waals surface area contributed by atoms with Crippen molar-refractivity contribution in [1.82, 2.24) is 0 Å². The van der Waals surface area contributed by atoms with Gasteiger partial charge in [0.15, 0.2) is 5.78 Å². The van der Waals surface area contributed by atoms with Gasteiger partial charge in [0, 0.05) is 22.4 Å². The van der Waals surface area contributed by atoms with E-state index in [9.17, 15) is 14.7 Å². The predicted molar refractivity (Wildman–Crippen MR) is 128 cm³/mol. The molecule has 2 aromatic rings. The van der Waals surface area contributed by atoms with Gasteiger partial charge in [-0.05, 0) is 75.3 Å². The number of benzene rings is 1. The molecule has 1 N–H and O–H groups in total. The zero-order valence-electron chi connectivity index (χ0n) is 17.9. The number of aromatic carboxylic acids is 1. The smallest absolute Gasteiger partial charge is 0.346 e. The van der Waals surface area contributed by atoms with E-state index in [1.54, 1.807) is 18.2 Å². The van der Waals surface area contributed by atoms with Crippen LogP contribution in [0.3, 0.4) is 0 Å². The van der Waals surface area contributed by atoms with E-state index in [1.807, 2.05) is 26.8 Å². The van der Waals surface area contributed by atoms with Gasteiger partial charge in [-0.3, -0.25) is 4.79 Å². The molecular formula is C25H26Cl2O3S. The number of ketones is 1. The zero-order valence-corrected chi connectivity index (χ0v) is 20.3. The molecule has 1 fully saturated rings. The Labute approximate surface area is 197 Å². The Morgan fingerprint density at radius 3 is 2.45 bits per heavy atom. The number of halogens is 2. The second-order valence-corrected chi connectivity index (χ2v) is 11.0. The molecule has 0 amide bonds. The van der Waals surface area contributed by atoms with Crippen LogP contribution in [-0.4, -0.2) is 16.9 Å². The monoisotopic (exact) mass is 476 g/mol. The van der Waals surface area contributed by atoms with E-state index in [-0.39, 0.29) is 34.3 Å². The van der Waals surface area contributed by atoms with Crippen LogP contribution in [0.4, 0.5) is 0 Å². The molecule has 1 aliphatic rings. The van der Waals surface area contributed by atoms with Crippen molar-refractivity contribution in [1.29, 1.82) is 0 Å². The van der Waals surface area contributed by atoms with E-state index in [2.05, 4.69) is 11.8 Å². The molecule has 6 heteroatoms. The second-order valence-electron chi connectivity index (χ2n) is 9.10. The molecule has 0 bridgehead atoms. The Balaban J connectivity index is 2.00. The topological polar surface area (TPSA) is 54.4 Å². The van der Waals surface area contributed by atoms with Crippen molar-refractivity contribution < 1.29 is 14.7 Å². The van der Waals surface area contributed by atoms with Crippen molar-refractivity contribution in [2.24, 2.45) is 11.3 Å². The third-order valence-corrected chi connectivity index (χ3v) is 7.12. The summed E-state index contributed by atoms with van der Waals surface area (Å²) in [5, 5.41) is 10.7. The van der Waals surface area contributed by atoms with Crippen molar-refractivity contribution >= 4 is 46.3 Å². The van der Waals surface area contributed by atoms with Crippen LogP contribution >= 0.6 is 34.5 Å². The first kappa shape index (κ1) is 23.9. The number of carboxylic acid groups (broad SMARTS) is 1. The molecule has 0 radical (unpaired) electrons. The van der Waals surface area contributed by atoms with Crippen molar-refractivity contribution in [3.63, 3.8) is 0 Å². The van der Waals surface area contributed by atoms with Crippen LogP contribution in [0.15, 0.2) is 24.3 Å². The highest BCUT2D eigenvalue weighted by Crippen LogP contribution is 2.43. The molecular weight excluding hydrogens is 451 g/mol. The third kappa shape index (κ3) is 6.13. The first-order valence-electron chi connectivity index (χ1n) is 10.4. The van der Waals surface area contributed by atoms with Gasteiger partial charge in [-0.15, -0.1) is 11.3 Å². The molecule has 1 aromatic heterocycles. The molecule has 1 atom stereocenters. The molecule has 31 heavy (non-hydrogen) atoms. The minimum Gasteiger partial charge on any atom is -0.477 e. The quantitative estimate of drug-likeness (QED) is 0.343. The normalized spacial score (nSPS) is 15.4. The van der Waals surface area contributed by atoms with Gasteiger partial charge in [-0.1, -0.05) is 47.9 Å². The Bertz CT molecular complexity index is 1050. The maximum absolute atomic E-state index is 13.2. The van der Waals surface area contributed by atoms with Gasteiger partial charge in [0.25, 0.3) is 0 Å². The fraction of sp³-hybridized carbons (Fsp3) is 0.440. The summed E-state index contributed by atoms with van der Waals surface area (Å²) in [5.74, 6) is 5.34. The summed E-state index contributed by atoms with van der Waals surface area (Å²) in [4.78, 5) is 26.2. The molecule has 164 valence electrons. The summed E-state index contributed by atoms with van der Waals surface area (Å²) in [7, 11) is 0. The fourth-order valence-electron chi connectivity index (χ4n) is 4.07. The lowest BCUT2D eigenvalue weighted by atomic mass is 9.80. The molecule has 1 aliphatic carbocycles. The Morgan fingerprint density at radius 2 is 1.87 bits per heavy atom. The van der Waals surface area contributed by atoms with Gasteiger partial charge in [0.1, 0.15) is 4.88 Å². The Kier molecular flexibility index (Phi) is 7.52. The molecule has 1 heterocycles. The standard InChI is InChI=1S/C25H26Cl2O3S/c1-25(2,3)11-10-17-13-20(23(31-17)24(29)30)19(15-6-4-5-7-15)14-22(28)18-9-8-16(26)12-21(18)27/h8-9,12-13,15,19H,4-7,14H2,1-3H3,(H,29,30). The number of thiophene rings is 1. The molecule has 3 rings (SSSR count). The van der Waals surface area contributed by atoms with E-state index >= 15 is 0 Å². The minimum atomic E-state index is -0.969. The summed E-state index contributed by atoms with van der Waals surface area (Å²) in [6, 6.07) is 6.74. The van der Waals surface area contributed by atoms with E-state index in [1.165, 1.54) is 11.3 Å². The van der Waals surface area contributed by atoms with Gasteiger partial charge in [-0.25, -0.2) is 4.79 Å². The van der Waals surface area contributed by atoms with E-state index < -0.39 is 5.97 Å². The van der Waals surface area contributed by atoms with Crippen LogP contribution in [0.5, 0.6) is 0 Å².